The van der Waals surface area contributed by atoms with E-state index in [4.69, 9.17) is 0 Å². The zero-order valence-electron chi connectivity index (χ0n) is 22.7. The van der Waals surface area contributed by atoms with Gasteiger partial charge in [-0.05, 0) is 81.4 Å². The third-order valence-corrected chi connectivity index (χ3v) is 8.54. The summed E-state index contributed by atoms with van der Waals surface area (Å²) in [5, 5.41) is 3.69. The van der Waals surface area contributed by atoms with Gasteiger partial charge in [-0.3, -0.25) is 0 Å². The first-order valence-electron chi connectivity index (χ1n) is 13.7. The van der Waals surface area contributed by atoms with E-state index >= 15 is 0 Å². The normalized spacial score (nSPS) is 14.0. The van der Waals surface area contributed by atoms with Gasteiger partial charge in [0.2, 0.25) is 0 Å². The minimum absolute atomic E-state index is 0.0145. The van der Waals surface area contributed by atoms with Crippen LogP contribution in [0.2, 0.25) is 0 Å². The highest BCUT2D eigenvalue weighted by Gasteiger charge is 2.35. The first-order chi connectivity index (χ1) is 19.0. The summed E-state index contributed by atoms with van der Waals surface area (Å²) in [6.07, 6.45) is 4.33. The third kappa shape index (κ3) is 3.54. The second-order valence-electron chi connectivity index (χ2n) is 11.1. The number of hydrogen-bond acceptors (Lipinski definition) is 0. The first kappa shape index (κ1) is 23.5. The van der Waals surface area contributed by atoms with Gasteiger partial charge < -0.3 is 4.57 Å². The fourth-order valence-electron chi connectivity index (χ4n) is 6.49. The zero-order chi connectivity index (χ0) is 26.7. The Balaban J connectivity index is 1.43. The van der Waals surface area contributed by atoms with Crippen molar-refractivity contribution >= 4 is 39.4 Å². The third-order valence-electron chi connectivity index (χ3n) is 8.54. The van der Waals surface area contributed by atoms with Crippen molar-refractivity contribution in [3.05, 3.63) is 144 Å². The van der Waals surface area contributed by atoms with Gasteiger partial charge in [0.15, 0.2) is 0 Å². The highest BCUT2D eigenvalue weighted by Crippen LogP contribution is 2.49. The molecule has 7 rings (SSSR count). The van der Waals surface area contributed by atoms with Crippen molar-refractivity contribution in [1.29, 1.82) is 0 Å². The van der Waals surface area contributed by atoms with Crippen molar-refractivity contribution in [2.45, 2.75) is 26.2 Å². The lowest BCUT2D eigenvalue weighted by molar-refractivity contribution is 0.660. The summed E-state index contributed by atoms with van der Waals surface area (Å²) in [6, 6.07) is 39.7. The van der Waals surface area contributed by atoms with E-state index in [0.717, 1.165) is 16.9 Å². The highest BCUT2D eigenvalue weighted by molar-refractivity contribution is 5.98. The minimum atomic E-state index is 0.0145. The Morgan fingerprint density at radius 2 is 1.44 bits per heavy atom. The van der Waals surface area contributed by atoms with Crippen LogP contribution in [0.5, 0.6) is 0 Å². The second-order valence-corrected chi connectivity index (χ2v) is 11.1. The summed E-state index contributed by atoms with van der Waals surface area (Å²) in [6.45, 7) is 11.1. The molecule has 188 valence electrons. The van der Waals surface area contributed by atoms with Gasteiger partial charge in [-0.25, -0.2) is 0 Å². The Bertz CT molecular complexity index is 1960. The Morgan fingerprint density at radius 1 is 0.718 bits per heavy atom. The summed E-state index contributed by atoms with van der Waals surface area (Å²) >= 11 is 0. The number of hydrogen-bond donors (Lipinski definition) is 0. The molecule has 39 heavy (non-hydrogen) atoms. The molecule has 0 atom stereocenters. The van der Waals surface area contributed by atoms with Gasteiger partial charge in [0.1, 0.15) is 0 Å². The number of aromatic nitrogens is 1. The maximum Gasteiger partial charge on any atom is 0.0543 e. The number of benzene rings is 5. The number of fused-ring (bicyclic) bond motifs is 5. The van der Waals surface area contributed by atoms with Gasteiger partial charge in [-0.1, -0.05) is 111 Å². The van der Waals surface area contributed by atoms with Gasteiger partial charge in [-0.2, -0.15) is 0 Å². The molecule has 0 amide bonds. The van der Waals surface area contributed by atoms with E-state index in [0.29, 0.717) is 0 Å². The van der Waals surface area contributed by atoms with Crippen LogP contribution in [0.1, 0.15) is 48.7 Å². The lowest BCUT2D eigenvalue weighted by Crippen LogP contribution is -2.14. The molecule has 1 aliphatic carbocycles. The Labute approximate surface area is 230 Å². The predicted molar refractivity (Wildman–Crippen MR) is 168 cm³/mol. The van der Waals surface area contributed by atoms with E-state index in [1.807, 2.05) is 6.08 Å². The fourth-order valence-corrected chi connectivity index (χ4v) is 6.49. The van der Waals surface area contributed by atoms with Crippen LogP contribution in [0.3, 0.4) is 0 Å². The molecule has 0 unspecified atom stereocenters. The van der Waals surface area contributed by atoms with Crippen molar-refractivity contribution in [2.24, 2.45) is 0 Å². The maximum absolute atomic E-state index is 4.22. The number of para-hydroxylation sites is 1. The van der Waals surface area contributed by atoms with E-state index in [1.54, 1.807) is 0 Å². The lowest BCUT2D eigenvalue weighted by atomic mass is 9.82. The largest absolute Gasteiger partial charge is 0.309 e. The Kier molecular flexibility index (Phi) is 5.25. The molecule has 5 aromatic carbocycles. The molecule has 0 saturated heterocycles. The second kappa shape index (κ2) is 8.71. The van der Waals surface area contributed by atoms with E-state index in [-0.39, 0.29) is 5.41 Å². The minimum Gasteiger partial charge on any atom is -0.309 e. The molecule has 1 heteroatoms. The molecular formula is C38H31N. The quantitative estimate of drug-likeness (QED) is 0.226. The molecule has 0 N–H and O–H groups in total. The smallest absolute Gasteiger partial charge is 0.0543 e. The molecule has 1 nitrogen and oxygen atoms in total. The highest BCUT2D eigenvalue weighted by atomic mass is 15.0. The molecule has 0 aliphatic heterocycles. The molecule has 0 saturated carbocycles. The molecule has 1 aliphatic rings. The summed E-state index contributed by atoms with van der Waals surface area (Å²) < 4.78 is 2.38. The summed E-state index contributed by atoms with van der Waals surface area (Å²) in [7, 11) is 0. The van der Waals surface area contributed by atoms with E-state index < -0.39 is 0 Å². The van der Waals surface area contributed by atoms with Crippen molar-refractivity contribution in [2.75, 3.05) is 0 Å². The molecule has 6 aromatic rings. The molecule has 1 aromatic heterocycles. The molecule has 0 bridgehead atoms. The molecule has 0 fully saturated rings. The standard InChI is InChI=1S/C38H31N/c1-5-30-32-15-9-11-17-36(32)39(29-20-18-26-12-6-7-13-28(26)23-29)37(30)22-25(2)27-19-21-35-33(24-27)31-14-8-10-16-34(31)38(35,3)4/h5-24H,1H2,2-4H3/b25-22+. The summed E-state index contributed by atoms with van der Waals surface area (Å²) in [4.78, 5) is 0. The van der Waals surface area contributed by atoms with Gasteiger partial charge in [-0.15, -0.1) is 0 Å². The molecule has 0 radical (unpaired) electrons. The van der Waals surface area contributed by atoms with Crippen LogP contribution in [0.4, 0.5) is 0 Å². The van der Waals surface area contributed by atoms with E-state index in [1.165, 1.54) is 55.1 Å². The molecular weight excluding hydrogens is 470 g/mol. The predicted octanol–water partition coefficient (Wildman–Crippen LogP) is 10.3. The molecule has 0 spiro atoms. The SMILES string of the molecule is C=Cc1c(/C=C(\C)c2ccc3c(c2)-c2ccccc2C3(C)C)n(-c2ccc3ccccc3c2)c2ccccc12. The fraction of sp³-hybridized carbons (Fsp3) is 0.105. The van der Waals surface area contributed by atoms with Gasteiger partial charge in [0.25, 0.3) is 0 Å². The topological polar surface area (TPSA) is 4.93 Å². The number of rotatable bonds is 4. The van der Waals surface area contributed by atoms with Crippen molar-refractivity contribution < 1.29 is 0 Å². The summed E-state index contributed by atoms with van der Waals surface area (Å²) in [5.41, 5.74) is 12.6. The van der Waals surface area contributed by atoms with Crippen LogP contribution in [0.15, 0.2) is 116 Å². The van der Waals surface area contributed by atoms with E-state index in [9.17, 15) is 0 Å². The Hall–Kier alpha value is -4.62. The van der Waals surface area contributed by atoms with E-state index in [2.05, 4.69) is 147 Å². The van der Waals surface area contributed by atoms with Crippen molar-refractivity contribution in [3.63, 3.8) is 0 Å². The van der Waals surface area contributed by atoms with Crippen LogP contribution in [-0.4, -0.2) is 4.57 Å². The van der Waals surface area contributed by atoms with Crippen LogP contribution >= 0.6 is 0 Å². The van der Waals surface area contributed by atoms with Crippen molar-refractivity contribution in [1.82, 2.24) is 4.57 Å². The number of nitrogens with zero attached hydrogens (tertiary/aromatic N) is 1. The van der Waals surface area contributed by atoms with Gasteiger partial charge >= 0.3 is 0 Å². The van der Waals surface area contributed by atoms with Crippen molar-refractivity contribution in [3.8, 4) is 16.8 Å². The Morgan fingerprint density at radius 3 is 2.28 bits per heavy atom. The average Bonchev–Trinajstić information content (AvgIpc) is 3.40. The maximum atomic E-state index is 4.22. The lowest BCUT2D eigenvalue weighted by Gasteiger charge is -2.21. The van der Waals surface area contributed by atoms with Crippen LogP contribution in [0, 0.1) is 0 Å². The summed E-state index contributed by atoms with van der Waals surface area (Å²) in [5.74, 6) is 0. The van der Waals surface area contributed by atoms with Crippen LogP contribution in [0.25, 0.3) is 56.2 Å². The number of allylic oxidation sites excluding steroid dienone is 1. The average molecular weight is 502 g/mol. The zero-order valence-corrected chi connectivity index (χ0v) is 22.7. The van der Waals surface area contributed by atoms with Crippen LogP contribution < -0.4 is 0 Å². The van der Waals surface area contributed by atoms with Crippen LogP contribution in [-0.2, 0) is 5.41 Å². The van der Waals surface area contributed by atoms with Gasteiger partial charge in [0, 0.05) is 22.1 Å². The molecule has 1 heterocycles. The van der Waals surface area contributed by atoms with Gasteiger partial charge in [0.05, 0.1) is 11.2 Å². The first-order valence-corrected chi connectivity index (χ1v) is 13.7. The monoisotopic (exact) mass is 501 g/mol.